The molecule has 0 unspecified atom stereocenters. The Morgan fingerprint density at radius 1 is 1.03 bits per heavy atom. The van der Waals surface area contributed by atoms with Crippen LogP contribution in [0.3, 0.4) is 0 Å². The van der Waals surface area contributed by atoms with Gasteiger partial charge in [0, 0.05) is 44.7 Å². The first-order valence-electron chi connectivity index (χ1n) is 10.4. The Morgan fingerprint density at radius 3 is 2.62 bits per heavy atom. The van der Waals surface area contributed by atoms with Crippen molar-refractivity contribution in [2.24, 2.45) is 4.99 Å². The Balaban J connectivity index is 1.56. The lowest BCUT2D eigenvalue weighted by Crippen LogP contribution is -2.06. The quantitative estimate of drug-likeness (QED) is 0.380. The van der Waals surface area contributed by atoms with Crippen LogP contribution in [0.5, 0.6) is 0 Å². The molecular formula is C26H17ClN4O3. The maximum atomic E-state index is 11.3. The number of aliphatic imine (C=N–C) groups is 1. The van der Waals surface area contributed by atoms with Crippen LogP contribution in [-0.4, -0.2) is 33.0 Å². The zero-order chi connectivity index (χ0) is 23.7. The molecule has 1 aliphatic heterocycles. The van der Waals surface area contributed by atoms with Gasteiger partial charge in [-0.05, 0) is 42.5 Å². The number of carbonyl (C=O) groups is 2. The van der Waals surface area contributed by atoms with Crippen LogP contribution in [0.15, 0.2) is 77.9 Å². The van der Waals surface area contributed by atoms with Gasteiger partial charge in [-0.3, -0.25) is 9.79 Å². The number of anilines is 2. The highest BCUT2D eigenvalue weighted by atomic mass is 35.5. The van der Waals surface area contributed by atoms with Gasteiger partial charge in [-0.1, -0.05) is 35.9 Å². The molecule has 2 N–H and O–H groups in total. The maximum Gasteiger partial charge on any atom is 0.335 e. The minimum Gasteiger partial charge on any atom is -0.478 e. The summed E-state index contributed by atoms with van der Waals surface area (Å²) in [5, 5.41) is 12.8. The van der Waals surface area contributed by atoms with E-state index < -0.39 is 5.97 Å². The van der Waals surface area contributed by atoms with Gasteiger partial charge >= 0.3 is 5.97 Å². The van der Waals surface area contributed by atoms with Crippen molar-refractivity contribution >= 4 is 41.2 Å². The number of hydrogen-bond donors (Lipinski definition) is 2. The molecule has 1 aromatic heterocycles. The van der Waals surface area contributed by atoms with Crippen LogP contribution < -0.4 is 5.32 Å². The highest BCUT2D eigenvalue weighted by Crippen LogP contribution is 2.34. The van der Waals surface area contributed by atoms with Crippen molar-refractivity contribution in [3.63, 3.8) is 0 Å². The van der Waals surface area contributed by atoms with E-state index in [0.717, 1.165) is 39.9 Å². The highest BCUT2D eigenvalue weighted by molar-refractivity contribution is 6.31. The smallest absolute Gasteiger partial charge is 0.335 e. The van der Waals surface area contributed by atoms with Crippen molar-refractivity contribution in [1.29, 1.82) is 0 Å². The largest absolute Gasteiger partial charge is 0.478 e. The fourth-order valence-electron chi connectivity index (χ4n) is 3.82. The number of carboxylic acid groups (broad SMARTS) is 1. The van der Waals surface area contributed by atoms with Gasteiger partial charge in [0.05, 0.1) is 23.5 Å². The number of rotatable bonds is 5. The minimum absolute atomic E-state index is 0.197. The molecule has 3 aromatic carbocycles. The number of fused-ring (bicyclic) bond motifs is 3. The fraction of sp³-hybridized carbons (Fsp3) is 0.0385. The number of carbonyl (C=O) groups excluding carboxylic acids is 1. The third-order valence-electron chi connectivity index (χ3n) is 5.45. The summed E-state index contributed by atoms with van der Waals surface area (Å²) in [6.07, 6.45) is 2.53. The number of benzene rings is 3. The molecule has 0 aliphatic carbocycles. The Kier molecular flexibility index (Phi) is 5.61. The van der Waals surface area contributed by atoms with Gasteiger partial charge in [0.15, 0.2) is 0 Å². The lowest BCUT2D eigenvalue weighted by molar-refractivity contribution is 0.0696. The Morgan fingerprint density at radius 2 is 1.85 bits per heavy atom. The van der Waals surface area contributed by atoms with Gasteiger partial charge in [-0.25, -0.2) is 14.8 Å². The number of aromatic carboxylic acids is 1. The second-order valence-electron chi connectivity index (χ2n) is 7.67. The van der Waals surface area contributed by atoms with Gasteiger partial charge in [0.2, 0.25) is 5.95 Å². The fourth-order valence-corrected chi connectivity index (χ4v) is 3.99. The molecule has 0 fully saturated rings. The van der Waals surface area contributed by atoms with E-state index in [1.165, 1.54) is 12.1 Å². The summed E-state index contributed by atoms with van der Waals surface area (Å²) in [6.45, 7) is 0.357. The van der Waals surface area contributed by atoms with Crippen molar-refractivity contribution < 1.29 is 14.7 Å². The second-order valence-corrected chi connectivity index (χ2v) is 8.11. The summed E-state index contributed by atoms with van der Waals surface area (Å²) in [7, 11) is 0. The first kappa shape index (κ1) is 21.5. The molecule has 0 spiro atoms. The number of aromatic nitrogens is 2. The van der Waals surface area contributed by atoms with Crippen molar-refractivity contribution in [2.75, 3.05) is 5.32 Å². The summed E-state index contributed by atoms with van der Waals surface area (Å²) in [5.41, 5.74) is 6.17. The van der Waals surface area contributed by atoms with E-state index in [4.69, 9.17) is 26.7 Å². The van der Waals surface area contributed by atoms with Crippen molar-refractivity contribution in [3.05, 3.63) is 106 Å². The summed E-state index contributed by atoms with van der Waals surface area (Å²) >= 11 is 6.34. The van der Waals surface area contributed by atoms with Gasteiger partial charge in [0.25, 0.3) is 0 Å². The molecule has 166 valence electrons. The number of carboxylic acids is 1. The average Bonchev–Trinajstić information content (AvgIpc) is 3.00. The van der Waals surface area contributed by atoms with Crippen molar-refractivity contribution in [1.82, 2.24) is 9.97 Å². The number of aldehydes is 1. The topological polar surface area (TPSA) is 105 Å². The molecule has 5 rings (SSSR count). The van der Waals surface area contributed by atoms with E-state index in [-0.39, 0.29) is 5.56 Å². The molecular weight excluding hydrogens is 452 g/mol. The third kappa shape index (κ3) is 4.16. The molecule has 34 heavy (non-hydrogen) atoms. The van der Waals surface area contributed by atoms with E-state index in [9.17, 15) is 9.59 Å². The van der Waals surface area contributed by atoms with E-state index in [1.54, 1.807) is 36.5 Å². The van der Waals surface area contributed by atoms with Gasteiger partial charge in [-0.15, -0.1) is 0 Å². The Labute approximate surface area is 199 Å². The maximum absolute atomic E-state index is 11.3. The summed E-state index contributed by atoms with van der Waals surface area (Å²) in [4.78, 5) is 36.4. The summed E-state index contributed by atoms with van der Waals surface area (Å²) in [6, 6.07) is 19.2. The average molecular weight is 469 g/mol. The molecule has 0 amide bonds. The van der Waals surface area contributed by atoms with Crippen molar-refractivity contribution in [2.45, 2.75) is 6.54 Å². The minimum atomic E-state index is -0.988. The molecule has 0 saturated carbocycles. The molecule has 0 bridgehead atoms. The molecule has 0 atom stereocenters. The predicted octanol–water partition coefficient (Wildman–Crippen LogP) is 5.40. The van der Waals surface area contributed by atoms with E-state index in [0.29, 0.717) is 28.8 Å². The number of hydrogen-bond acceptors (Lipinski definition) is 6. The SMILES string of the molecule is O=Cc1cccc(C2=NCc3cnc(Nc4ccc(C(=O)O)cc4)nc3-c3ccc(Cl)cc32)c1. The molecule has 2 heterocycles. The predicted molar refractivity (Wildman–Crippen MR) is 130 cm³/mol. The molecule has 7 nitrogen and oxygen atoms in total. The zero-order valence-electron chi connectivity index (χ0n) is 17.7. The molecule has 4 aromatic rings. The van der Waals surface area contributed by atoms with Gasteiger partial charge in [0.1, 0.15) is 6.29 Å². The van der Waals surface area contributed by atoms with Gasteiger partial charge in [-0.2, -0.15) is 0 Å². The number of nitrogens with one attached hydrogen (secondary N) is 1. The van der Waals surface area contributed by atoms with Crippen LogP contribution in [0.1, 0.15) is 37.4 Å². The Bertz CT molecular complexity index is 1470. The number of halogens is 1. The molecule has 0 saturated heterocycles. The van der Waals surface area contributed by atoms with Crippen LogP contribution in [0.4, 0.5) is 11.6 Å². The first-order chi connectivity index (χ1) is 16.5. The van der Waals surface area contributed by atoms with Crippen LogP contribution >= 0.6 is 11.6 Å². The second kappa shape index (κ2) is 8.88. The molecule has 0 radical (unpaired) electrons. The normalized spacial score (nSPS) is 12.1. The number of nitrogens with zero attached hydrogens (tertiary/aromatic N) is 3. The molecule has 1 aliphatic rings. The summed E-state index contributed by atoms with van der Waals surface area (Å²) in [5.74, 6) is -0.619. The highest BCUT2D eigenvalue weighted by Gasteiger charge is 2.21. The van der Waals surface area contributed by atoms with E-state index >= 15 is 0 Å². The summed E-state index contributed by atoms with van der Waals surface area (Å²) < 4.78 is 0. The lowest BCUT2D eigenvalue weighted by Gasteiger charge is -2.13. The van der Waals surface area contributed by atoms with Crippen molar-refractivity contribution in [3.8, 4) is 11.3 Å². The van der Waals surface area contributed by atoms with E-state index in [1.807, 2.05) is 24.3 Å². The third-order valence-corrected chi connectivity index (χ3v) is 5.68. The van der Waals surface area contributed by atoms with Gasteiger partial charge < -0.3 is 10.4 Å². The first-order valence-corrected chi connectivity index (χ1v) is 10.8. The monoisotopic (exact) mass is 468 g/mol. The van der Waals surface area contributed by atoms with Crippen LogP contribution in [0, 0.1) is 0 Å². The Hall–Kier alpha value is -4.36. The lowest BCUT2D eigenvalue weighted by atomic mass is 9.94. The standard InChI is InChI=1S/C26H17ClN4O3/c27-19-6-9-21-22(11-19)23(17-3-1-2-15(10-17)14-32)28-12-18-13-29-26(31-24(18)21)30-20-7-4-16(5-8-20)25(33)34/h1-11,13-14H,12H2,(H,33,34)(H,29,30,31). The molecule has 8 heteroatoms. The van der Waals surface area contributed by atoms with Crippen LogP contribution in [0.2, 0.25) is 5.02 Å². The van der Waals surface area contributed by atoms with Crippen LogP contribution in [-0.2, 0) is 6.54 Å². The van der Waals surface area contributed by atoms with Crippen LogP contribution in [0.25, 0.3) is 11.3 Å². The van der Waals surface area contributed by atoms with E-state index in [2.05, 4.69) is 10.3 Å². The zero-order valence-corrected chi connectivity index (χ0v) is 18.5.